The van der Waals surface area contributed by atoms with E-state index in [1.165, 1.54) is 0 Å². The fraction of sp³-hybridized carbons (Fsp3) is 0.600. The Morgan fingerprint density at radius 2 is 2.18 bits per heavy atom. The summed E-state index contributed by atoms with van der Waals surface area (Å²) in [5.41, 5.74) is 0. The van der Waals surface area contributed by atoms with Crippen molar-refractivity contribution in [2.24, 2.45) is 0 Å². The van der Waals surface area contributed by atoms with Crippen LogP contribution < -0.4 is 0 Å². The van der Waals surface area contributed by atoms with Gasteiger partial charge in [-0.05, 0) is 25.0 Å². The molecule has 0 unspecified atom stereocenters. The van der Waals surface area contributed by atoms with Gasteiger partial charge in [0.15, 0.2) is 0 Å². The number of carbonyl (C=O) groups is 2. The Bertz CT molecular complexity index is 541. The van der Waals surface area contributed by atoms with Crippen LogP contribution in [-0.4, -0.2) is 51.2 Å². The van der Waals surface area contributed by atoms with Gasteiger partial charge >= 0.3 is 0 Å². The largest absolute Gasteiger partial charge is 0.467 e. The first kappa shape index (κ1) is 15.7. The molecular weight excluding hydrogens is 324 g/mol. The number of piperidine rings is 1. The Labute approximate surface area is 138 Å². The molecule has 2 amide bonds. The number of hydrogen-bond donors (Lipinski definition) is 0. The first-order valence-electron chi connectivity index (χ1n) is 7.45. The van der Waals surface area contributed by atoms with E-state index >= 15 is 0 Å². The minimum absolute atomic E-state index is 0.108. The van der Waals surface area contributed by atoms with Gasteiger partial charge < -0.3 is 14.2 Å². The average Bonchev–Trinajstić information content (AvgIpc) is 3.13. The summed E-state index contributed by atoms with van der Waals surface area (Å²) < 4.78 is 5.39. The van der Waals surface area contributed by atoms with Crippen molar-refractivity contribution in [1.82, 2.24) is 9.80 Å². The number of halogens is 1. The van der Waals surface area contributed by atoms with Crippen molar-refractivity contribution in [1.29, 1.82) is 0 Å². The maximum absolute atomic E-state index is 12.3. The highest BCUT2D eigenvalue weighted by Gasteiger charge is 2.48. The molecule has 120 valence electrons. The van der Waals surface area contributed by atoms with Crippen LogP contribution in [-0.2, 0) is 16.1 Å². The number of thioether (sulfide) groups is 1. The molecular formula is C15H19ClN2O3S. The summed E-state index contributed by atoms with van der Waals surface area (Å²) in [6.07, 6.45) is 3.62. The Hall–Kier alpha value is -1.14. The fourth-order valence-corrected chi connectivity index (χ4v) is 4.63. The first-order valence-corrected chi connectivity index (χ1v) is 8.97. The van der Waals surface area contributed by atoms with Crippen molar-refractivity contribution in [3.63, 3.8) is 0 Å². The standard InChI is InChI=1S/C15H19ClN2O3S/c16-6-3-13(19)17-7-4-15(5-8-17)18(14(20)11-22-15)10-12-2-1-9-21-12/h1-2,9H,3-8,10-11H2. The van der Waals surface area contributed by atoms with Gasteiger partial charge in [-0.1, -0.05) is 0 Å². The molecule has 0 N–H and O–H groups in total. The summed E-state index contributed by atoms with van der Waals surface area (Å²) in [6, 6.07) is 3.73. The molecule has 0 aromatic carbocycles. The number of furan rings is 1. The molecule has 5 nitrogen and oxygen atoms in total. The molecule has 3 heterocycles. The fourth-order valence-electron chi connectivity index (χ4n) is 3.13. The molecule has 2 aliphatic heterocycles. The second kappa shape index (κ2) is 6.54. The number of amides is 2. The number of rotatable bonds is 4. The van der Waals surface area contributed by atoms with Crippen LogP contribution in [0.2, 0.25) is 0 Å². The molecule has 1 spiro atoms. The molecule has 0 aliphatic carbocycles. The van der Waals surface area contributed by atoms with Crippen molar-refractivity contribution in [3.8, 4) is 0 Å². The van der Waals surface area contributed by atoms with Crippen LogP contribution in [0.3, 0.4) is 0 Å². The van der Waals surface area contributed by atoms with Crippen LogP contribution in [0.15, 0.2) is 22.8 Å². The van der Waals surface area contributed by atoms with Crippen LogP contribution in [0.5, 0.6) is 0 Å². The Kier molecular flexibility index (Phi) is 4.68. The van der Waals surface area contributed by atoms with E-state index in [4.69, 9.17) is 16.0 Å². The van der Waals surface area contributed by atoms with Gasteiger partial charge in [0.05, 0.1) is 23.4 Å². The van der Waals surface area contributed by atoms with E-state index in [2.05, 4.69) is 0 Å². The molecule has 0 saturated carbocycles. The highest BCUT2D eigenvalue weighted by molar-refractivity contribution is 8.01. The van der Waals surface area contributed by atoms with Crippen molar-refractivity contribution in [3.05, 3.63) is 24.2 Å². The molecule has 3 rings (SSSR count). The average molecular weight is 343 g/mol. The first-order chi connectivity index (χ1) is 10.6. The molecule has 22 heavy (non-hydrogen) atoms. The van der Waals surface area contributed by atoms with Crippen LogP contribution in [0.4, 0.5) is 0 Å². The van der Waals surface area contributed by atoms with Gasteiger partial charge in [0.25, 0.3) is 0 Å². The van der Waals surface area contributed by atoms with Gasteiger partial charge in [-0.15, -0.1) is 23.4 Å². The van der Waals surface area contributed by atoms with Gasteiger partial charge in [0.2, 0.25) is 11.8 Å². The molecule has 0 atom stereocenters. The lowest BCUT2D eigenvalue weighted by Crippen LogP contribution is -2.52. The normalized spacial score (nSPS) is 20.9. The number of alkyl halides is 1. The second-order valence-corrected chi connectivity index (χ2v) is 7.33. The van der Waals surface area contributed by atoms with Crippen molar-refractivity contribution in [2.45, 2.75) is 30.7 Å². The molecule has 1 aromatic heterocycles. The summed E-state index contributed by atoms with van der Waals surface area (Å²) in [5.74, 6) is 1.93. The monoisotopic (exact) mass is 342 g/mol. The number of hydrogen-bond acceptors (Lipinski definition) is 4. The van der Waals surface area contributed by atoms with Crippen molar-refractivity contribution < 1.29 is 14.0 Å². The lowest BCUT2D eigenvalue weighted by molar-refractivity contribution is -0.135. The third-order valence-electron chi connectivity index (χ3n) is 4.36. The van der Waals surface area contributed by atoms with E-state index in [0.29, 0.717) is 37.7 Å². The zero-order valence-corrected chi connectivity index (χ0v) is 13.9. The zero-order chi connectivity index (χ0) is 15.6. The van der Waals surface area contributed by atoms with E-state index in [9.17, 15) is 9.59 Å². The van der Waals surface area contributed by atoms with Crippen molar-refractivity contribution >= 4 is 35.2 Å². The number of likely N-dealkylation sites (tertiary alicyclic amines) is 1. The van der Waals surface area contributed by atoms with E-state index in [0.717, 1.165) is 18.6 Å². The molecule has 0 bridgehead atoms. The highest BCUT2D eigenvalue weighted by atomic mass is 35.5. The number of carbonyl (C=O) groups excluding carboxylic acids is 2. The minimum atomic E-state index is -0.193. The van der Waals surface area contributed by atoms with E-state index in [1.54, 1.807) is 18.0 Å². The summed E-state index contributed by atoms with van der Waals surface area (Å²) in [7, 11) is 0. The lowest BCUT2D eigenvalue weighted by atomic mass is 10.0. The van der Waals surface area contributed by atoms with Gasteiger partial charge in [-0.3, -0.25) is 9.59 Å². The van der Waals surface area contributed by atoms with E-state index in [1.807, 2.05) is 21.9 Å². The van der Waals surface area contributed by atoms with Gasteiger partial charge in [0, 0.05) is 25.4 Å². The van der Waals surface area contributed by atoms with Crippen LogP contribution >= 0.6 is 23.4 Å². The Morgan fingerprint density at radius 3 is 2.82 bits per heavy atom. The van der Waals surface area contributed by atoms with Gasteiger partial charge in [0.1, 0.15) is 5.76 Å². The third kappa shape index (κ3) is 2.99. The van der Waals surface area contributed by atoms with Gasteiger partial charge in [-0.2, -0.15) is 0 Å². The minimum Gasteiger partial charge on any atom is -0.467 e. The summed E-state index contributed by atoms with van der Waals surface area (Å²) in [4.78, 5) is 27.8. The molecule has 1 aromatic rings. The highest BCUT2D eigenvalue weighted by Crippen LogP contribution is 2.45. The summed E-state index contributed by atoms with van der Waals surface area (Å²) in [5, 5.41) is 0. The molecule has 2 saturated heterocycles. The van der Waals surface area contributed by atoms with Gasteiger partial charge in [-0.25, -0.2) is 0 Å². The topological polar surface area (TPSA) is 53.8 Å². The van der Waals surface area contributed by atoms with E-state index in [-0.39, 0.29) is 16.7 Å². The van der Waals surface area contributed by atoms with Crippen molar-refractivity contribution in [2.75, 3.05) is 24.7 Å². The predicted octanol–water partition coefficient (Wildman–Crippen LogP) is 2.30. The molecule has 2 aliphatic rings. The van der Waals surface area contributed by atoms with Crippen LogP contribution in [0.1, 0.15) is 25.0 Å². The predicted molar refractivity (Wildman–Crippen MR) is 85.6 cm³/mol. The maximum Gasteiger partial charge on any atom is 0.234 e. The smallest absolute Gasteiger partial charge is 0.234 e. The maximum atomic E-state index is 12.3. The second-order valence-electron chi connectivity index (χ2n) is 5.61. The summed E-state index contributed by atoms with van der Waals surface area (Å²) >= 11 is 7.34. The Balaban J connectivity index is 1.67. The Morgan fingerprint density at radius 1 is 1.41 bits per heavy atom. The SMILES string of the molecule is O=C(CCCl)N1CCC2(CC1)SCC(=O)N2Cc1ccco1. The van der Waals surface area contributed by atoms with E-state index < -0.39 is 0 Å². The zero-order valence-electron chi connectivity index (χ0n) is 12.3. The third-order valence-corrected chi connectivity index (χ3v) is 6.10. The molecule has 2 fully saturated rings. The molecule has 0 radical (unpaired) electrons. The lowest BCUT2D eigenvalue weighted by Gasteiger charge is -2.43. The quantitative estimate of drug-likeness (QED) is 0.788. The van der Waals surface area contributed by atoms with Crippen LogP contribution in [0.25, 0.3) is 0 Å². The molecule has 7 heteroatoms. The summed E-state index contributed by atoms with van der Waals surface area (Å²) in [6.45, 7) is 1.88. The van der Waals surface area contributed by atoms with Crippen LogP contribution in [0, 0.1) is 0 Å². The number of nitrogens with zero attached hydrogens (tertiary/aromatic N) is 2.